The van der Waals surface area contributed by atoms with Crippen molar-refractivity contribution in [3.63, 3.8) is 0 Å². The van der Waals surface area contributed by atoms with Crippen LogP contribution in [0.15, 0.2) is 53.7 Å². The molecular formula is C21H18N6OS2. The molecular weight excluding hydrogens is 416 g/mol. The van der Waals surface area contributed by atoms with Crippen molar-refractivity contribution in [1.82, 2.24) is 24.7 Å². The van der Waals surface area contributed by atoms with Gasteiger partial charge in [-0.1, -0.05) is 60.4 Å². The number of carbonyl (C=O) groups is 1. The van der Waals surface area contributed by atoms with E-state index in [2.05, 4.69) is 25.5 Å². The molecule has 3 heterocycles. The number of aryl methyl sites for hydroxylation is 1. The number of benzene rings is 2. The first-order valence-electron chi connectivity index (χ1n) is 9.55. The molecule has 0 aliphatic rings. The molecule has 150 valence electrons. The van der Waals surface area contributed by atoms with Gasteiger partial charge in [0.2, 0.25) is 11.1 Å². The van der Waals surface area contributed by atoms with E-state index in [1.165, 1.54) is 23.1 Å². The Kier molecular flexibility index (Phi) is 4.84. The number of rotatable bonds is 5. The summed E-state index contributed by atoms with van der Waals surface area (Å²) in [7, 11) is 1.96. The highest BCUT2D eigenvalue weighted by Crippen LogP contribution is 2.30. The van der Waals surface area contributed by atoms with Gasteiger partial charge in [0.05, 0.1) is 21.0 Å². The molecule has 1 amide bonds. The quantitative estimate of drug-likeness (QED) is 0.406. The number of hydrogen-bond donors (Lipinski definition) is 1. The molecule has 0 bridgehead atoms. The highest BCUT2D eigenvalue weighted by Gasteiger charge is 2.22. The molecule has 9 heteroatoms. The van der Waals surface area contributed by atoms with Crippen LogP contribution in [0, 0.1) is 0 Å². The van der Waals surface area contributed by atoms with Crippen LogP contribution in [0.25, 0.3) is 32.3 Å². The van der Waals surface area contributed by atoms with Crippen LogP contribution in [0.1, 0.15) is 13.3 Å². The van der Waals surface area contributed by atoms with Gasteiger partial charge in [0.25, 0.3) is 0 Å². The molecule has 0 radical (unpaired) electrons. The van der Waals surface area contributed by atoms with E-state index in [9.17, 15) is 4.79 Å². The third-order valence-electron chi connectivity index (χ3n) is 4.92. The minimum Gasteiger partial charge on any atom is -0.327 e. The number of nitrogens with one attached hydrogen (secondary N) is 1. The molecule has 0 saturated heterocycles. The Bertz CT molecular complexity index is 1360. The van der Waals surface area contributed by atoms with Crippen LogP contribution < -0.4 is 5.32 Å². The Hall–Kier alpha value is -3.04. The fourth-order valence-electron chi connectivity index (χ4n) is 3.40. The van der Waals surface area contributed by atoms with Crippen molar-refractivity contribution in [1.29, 1.82) is 0 Å². The van der Waals surface area contributed by atoms with Crippen molar-refractivity contribution in [3.8, 4) is 0 Å². The van der Waals surface area contributed by atoms with Crippen LogP contribution in [0.5, 0.6) is 0 Å². The minimum absolute atomic E-state index is 0.109. The summed E-state index contributed by atoms with van der Waals surface area (Å²) in [5.41, 5.74) is 3.46. The van der Waals surface area contributed by atoms with E-state index < -0.39 is 0 Å². The average molecular weight is 435 g/mol. The van der Waals surface area contributed by atoms with Gasteiger partial charge < -0.3 is 9.88 Å². The SMILES string of the molecule is CC[C@H](Sc1nnc2c3ccccc3n(C)c2n1)C(=O)Nc1nc2ccccc2s1. The second kappa shape index (κ2) is 7.66. The number of para-hydroxylation sites is 2. The number of carbonyl (C=O) groups excluding carboxylic acids is 1. The first-order valence-corrected chi connectivity index (χ1v) is 11.2. The van der Waals surface area contributed by atoms with Crippen molar-refractivity contribution in [2.45, 2.75) is 23.8 Å². The molecule has 7 nitrogen and oxygen atoms in total. The monoisotopic (exact) mass is 434 g/mol. The number of fused-ring (bicyclic) bond motifs is 4. The van der Waals surface area contributed by atoms with Crippen molar-refractivity contribution >= 4 is 66.4 Å². The minimum atomic E-state index is -0.342. The molecule has 0 aliphatic heterocycles. The highest BCUT2D eigenvalue weighted by molar-refractivity contribution is 8.00. The lowest BCUT2D eigenvalue weighted by molar-refractivity contribution is -0.115. The molecule has 5 aromatic rings. The van der Waals surface area contributed by atoms with Crippen LogP contribution in [0.2, 0.25) is 0 Å². The number of nitrogens with zero attached hydrogens (tertiary/aromatic N) is 5. The van der Waals surface area contributed by atoms with Crippen molar-refractivity contribution in [2.75, 3.05) is 5.32 Å². The Morgan fingerprint density at radius 1 is 1.13 bits per heavy atom. The van der Waals surface area contributed by atoms with Gasteiger partial charge in [0, 0.05) is 12.4 Å². The van der Waals surface area contributed by atoms with Crippen molar-refractivity contribution in [3.05, 3.63) is 48.5 Å². The number of thiazole rings is 1. The van der Waals surface area contributed by atoms with Gasteiger partial charge >= 0.3 is 0 Å². The van der Waals surface area contributed by atoms with Crippen molar-refractivity contribution in [2.24, 2.45) is 7.05 Å². The Morgan fingerprint density at radius 2 is 1.93 bits per heavy atom. The molecule has 0 saturated carbocycles. The summed E-state index contributed by atoms with van der Waals surface area (Å²) < 4.78 is 3.05. The Morgan fingerprint density at radius 3 is 2.77 bits per heavy atom. The van der Waals surface area contributed by atoms with Gasteiger partial charge in [-0.05, 0) is 24.6 Å². The maximum absolute atomic E-state index is 12.8. The Labute approximate surface area is 180 Å². The summed E-state index contributed by atoms with van der Waals surface area (Å²) in [5.74, 6) is -0.109. The molecule has 2 aromatic carbocycles. The third-order valence-corrected chi connectivity index (χ3v) is 7.09. The summed E-state index contributed by atoms with van der Waals surface area (Å²) in [4.78, 5) is 22.0. The summed E-state index contributed by atoms with van der Waals surface area (Å²) in [5, 5.41) is 13.4. The number of anilines is 1. The van der Waals surface area contributed by atoms with E-state index in [-0.39, 0.29) is 11.2 Å². The third kappa shape index (κ3) is 3.29. The predicted molar refractivity (Wildman–Crippen MR) is 122 cm³/mol. The maximum atomic E-state index is 12.8. The topological polar surface area (TPSA) is 85.6 Å². The molecule has 30 heavy (non-hydrogen) atoms. The van der Waals surface area contributed by atoms with Crippen LogP contribution >= 0.6 is 23.1 Å². The van der Waals surface area contributed by atoms with E-state index in [4.69, 9.17) is 0 Å². The van der Waals surface area contributed by atoms with Crippen molar-refractivity contribution < 1.29 is 4.79 Å². The van der Waals surface area contributed by atoms with E-state index in [1.807, 2.05) is 67.1 Å². The summed E-state index contributed by atoms with van der Waals surface area (Å²) >= 11 is 2.79. The van der Waals surface area contributed by atoms with Gasteiger partial charge in [-0.2, -0.15) is 0 Å². The van der Waals surface area contributed by atoms with Crippen LogP contribution in [-0.2, 0) is 11.8 Å². The first kappa shape index (κ1) is 19.0. The molecule has 0 fully saturated rings. The zero-order valence-electron chi connectivity index (χ0n) is 16.4. The molecule has 0 unspecified atom stereocenters. The predicted octanol–water partition coefficient (Wildman–Crippen LogP) is 4.64. The molecule has 0 aliphatic carbocycles. The zero-order valence-corrected chi connectivity index (χ0v) is 18.0. The second-order valence-electron chi connectivity index (χ2n) is 6.83. The van der Waals surface area contributed by atoms with E-state index >= 15 is 0 Å². The standard InChI is InChI=1S/C21H18N6OS2/c1-3-15(19(28)24-20-22-13-9-5-7-11-16(13)30-20)29-21-23-18-17(25-26-21)12-8-4-6-10-14(12)27(18)2/h4-11,15H,3H2,1-2H3,(H,22,24,28)/t15-/m0/s1. The first-order chi connectivity index (χ1) is 14.6. The summed E-state index contributed by atoms with van der Waals surface area (Å²) in [6, 6.07) is 15.8. The van der Waals surface area contributed by atoms with Gasteiger partial charge in [0.1, 0.15) is 5.52 Å². The summed E-state index contributed by atoms with van der Waals surface area (Å²) in [6.45, 7) is 1.97. The lowest BCUT2D eigenvalue weighted by Gasteiger charge is -2.12. The van der Waals surface area contributed by atoms with Crippen LogP contribution in [-0.4, -0.2) is 35.9 Å². The summed E-state index contributed by atoms with van der Waals surface area (Å²) in [6.07, 6.45) is 0.637. The second-order valence-corrected chi connectivity index (χ2v) is 9.03. The largest absolute Gasteiger partial charge is 0.327 e. The molecule has 0 spiro atoms. The van der Waals surface area contributed by atoms with E-state index in [0.29, 0.717) is 16.7 Å². The van der Waals surface area contributed by atoms with Gasteiger partial charge in [0.15, 0.2) is 10.8 Å². The fourth-order valence-corrected chi connectivity index (χ4v) is 5.09. The normalized spacial score (nSPS) is 12.6. The number of aromatic nitrogens is 5. The van der Waals surface area contributed by atoms with Crippen LogP contribution in [0.4, 0.5) is 5.13 Å². The number of thioether (sulfide) groups is 1. The number of hydrogen-bond acceptors (Lipinski definition) is 7. The van der Waals surface area contributed by atoms with Gasteiger partial charge in [-0.15, -0.1) is 10.2 Å². The Balaban J connectivity index is 1.40. The lowest BCUT2D eigenvalue weighted by atomic mass is 10.2. The smallest absolute Gasteiger partial charge is 0.239 e. The highest BCUT2D eigenvalue weighted by atomic mass is 32.2. The fraction of sp³-hybridized carbons (Fsp3) is 0.190. The zero-order chi connectivity index (χ0) is 20.7. The van der Waals surface area contributed by atoms with Gasteiger partial charge in [-0.25, -0.2) is 9.97 Å². The molecule has 3 aromatic heterocycles. The molecule has 1 N–H and O–H groups in total. The lowest BCUT2D eigenvalue weighted by Crippen LogP contribution is -2.24. The maximum Gasteiger partial charge on any atom is 0.239 e. The van der Waals surface area contributed by atoms with Gasteiger partial charge in [-0.3, -0.25) is 4.79 Å². The molecule has 1 atom stereocenters. The average Bonchev–Trinajstić information content (AvgIpc) is 3.30. The number of amides is 1. The van der Waals surface area contributed by atoms with E-state index in [1.54, 1.807) is 0 Å². The molecule has 5 rings (SSSR count). The van der Waals surface area contributed by atoms with Crippen LogP contribution in [0.3, 0.4) is 0 Å². The van der Waals surface area contributed by atoms with E-state index in [0.717, 1.165) is 32.3 Å².